The molecule has 3 rings (SSSR count). The van der Waals surface area contributed by atoms with Gasteiger partial charge in [-0.3, -0.25) is 9.59 Å². The maximum Gasteiger partial charge on any atom is 0.224 e. The summed E-state index contributed by atoms with van der Waals surface area (Å²) in [6.07, 6.45) is 0.199. The normalized spacial score (nSPS) is 17.3. The number of fused-ring (bicyclic) bond motifs is 1. The smallest absolute Gasteiger partial charge is 0.224 e. The van der Waals surface area contributed by atoms with E-state index < -0.39 is 6.04 Å². The fraction of sp³-hybridized carbons (Fsp3) is 0.250. The monoisotopic (exact) mass is 399 g/mol. The van der Waals surface area contributed by atoms with Gasteiger partial charge in [0, 0.05) is 29.3 Å². The van der Waals surface area contributed by atoms with Crippen LogP contribution in [0, 0.1) is 0 Å². The summed E-state index contributed by atoms with van der Waals surface area (Å²) in [5.41, 5.74) is 2.02. The van der Waals surface area contributed by atoms with Gasteiger partial charge in [-0.1, -0.05) is 40.2 Å². The van der Waals surface area contributed by atoms with Gasteiger partial charge >= 0.3 is 0 Å². The molecule has 0 aliphatic carbocycles. The number of rotatable bonds is 4. The first kappa shape index (κ1) is 17.5. The van der Waals surface area contributed by atoms with E-state index in [4.69, 9.17) is 0 Å². The van der Waals surface area contributed by atoms with Crippen molar-refractivity contribution in [1.29, 1.82) is 0 Å². The number of ketones is 2. The highest BCUT2D eigenvalue weighted by Gasteiger charge is 2.44. The van der Waals surface area contributed by atoms with Crippen molar-refractivity contribution in [3.05, 3.63) is 64.1 Å². The first-order valence-electron chi connectivity index (χ1n) is 8.08. The molecule has 128 valence electrons. The van der Waals surface area contributed by atoms with Crippen LogP contribution in [0.4, 0.5) is 5.69 Å². The SMILES string of the molecule is CC(=O)C[C@@H](c1cccc(Br)c1)[C@@H]1C(=O)c2ccccc2N1C(C)=O. The Balaban J connectivity index is 2.13. The molecule has 0 radical (unpaired) electrons. The Kier molecular flexibility index (Phi) is 4.86. The highest BCUT2D eigenvalue weighted by atomic mass is 79.9. The minimum atomic E-state index is -0.701. The van der Waals surface area contributed by atoms with Gasteiger partial charge in [0.1, 0.15) is 11.8 Å². The van der Waals surface area contributed by atoms with Gasteiger partial charge in [0.15, 0.2) is 5.78 Å². The van der Waals surface area contributed by atoms with E-state index in [0.717, 1.165) is 10.0 Å². The Bertz CT molecular complexity index is 862. The van der Waals surface area contributed by atoms with Gasteiger partial charge < -0.3 is 9.69 Å². The van der Waals surface area contributed by atoms with Gasteiger partial charge in [0.25, 0.3) is 0 Å². The molecule has 0 bridgehead atoms. The quantitative estimate of drug-likeness (QED) is 0.776. The van der Waals surface area contributed by atoms with Crippen LogP contribution in [0.5, 0.6) is 0 Å². The Morgan fingerprint density at radius 3 is 2.48 bits per heavy atom. The van der Waals surface area contributed by atoms with Crippen molar-refractivity contribution in [2.24, 2.45) is 0 Å². The molecule has 1 aliphatic heterocycles. The number of nitrogens with zero attached hydrogens (tertiary/aromatic N) is 1. The third kappa shape index (κ3) is 3.29. The molecule has 0 unspecified atom stereocenters. The van der Waals surface area contributed by atoms with Crippen molar-refractivity contribution in [3.8, 4) is 0 Å². The highest BCUT2D eigenvalue weighted by molar-refractivity contribution is 9.10. The summed E-state index contributed by atoms with van der Waals surface area (Å²) < 4.78 is 0.871. The van der Waals surface area contributed by atoms with Crippen molar-refractivity contribution in [1.82, 2.24) is 0 Å². The molecule has 25 heavy (non-hydrogen) atoms. The third-order valence-electron chi connectivity index (χ3n) is 4.48. The molecular weight excluding hydrogens is 382 g/mol. The maximum atomic E-state index is 13.1. The maximum absolute atomic E-state index is 13.1. The van der Waals surface area contributed by atoms with E-state index in [0.29, 0.717) is 11.3 Å². The number of amides is 1. The van der Waals surface area contributed by atoms with Gasteiger partial charge in [-0.05, 0) is 36.8 Å². The lowest BCUT2D eigenvalue weighted by molar-refractivity contribution is -0.119. The summed E-state index contributed by atoms with van der Waals surface area (Å²) in [7, 11) is 0. The van der Waals surface area contributed by atoms with E-state index in [1.807, 2.05) is 30.3 Å². The van der Waals surface area contributed by atoms with E-state index in [9.17, 15) is 14.4 Å². The minimum absolute atomic E-state index is 0.0165. The van der Waals surface area contributed by atoms with Crippen molar-refractivity contribution < 1.29 is 14.4 Å². The van der Waals surface area contributed by atoms with E-state index in [-0.39, 0.29) is 29.8 Å². The second kappa shape index (κ2) is 6.92. The van der Waals surface area contributed by atoms with E-state index in [1.165, 1.54) is 18.7 Å². The van der Waals surface area contributed by atoms with E-state index >= 15 is 0 Å². The van der Waals surface area contributed by atoms with E-state index in [1.54, 1.807) is 18.2 Å². The molecule has 5 heteroatoms. The lowest BCUT2D eigenvalue weighted by Crippen LogP contribution is -2.43. The number of hydrogen-bond donors (Lipinski definition) is 0. The molecule has 1 aliphatic rings. The molecule has 1 amide bonds. The summed E-state index contributed by atoms with van der Waals surface area (Å²) in [4.78, 5) is 38.8. The fourth-order valence-electron chi connectivity index (χ4n) is 3.51. The fourth-order valence-corrected chi connectivity index (χ4v) is 3.92. The Morgan fingerprint density at radius 1 is 1.12 bits per heavy atom. The van der Waals surface area contributed by atoms with Crippen LogP contribution in [-0.4, -0.2) is 23.5 Å². The molecule has 0 fully saturated rings. The van der Waals surface area contributed by atoms with Crippen LogP contribution in [-0.2, 0) is 9.59 Å². The number of benzene rings is 2. The van der Waals surface area contributed by atoms with E-state index in [2.05, 4.69) is 15.9 Å². The average molecular weight is 400 g/mol. The highest BCUT2D eigenvalue weighted by Crippen LogP contribution is 2.40. The lowest BCUT2D eigenvalue weighted by Gasteiger charge is -2.30. The second-order valence-electron chi connectivity index (χ2n) is 6.28. The van der Waals surface area contributed by atoms with Gasteiger partial charge in [0.05, 0.1) is 5.69 Å². The van der Waals surface area contributed by atoms with Crippen LogP contribution in [0.3, 0.4) is 0 Å². The number of para-hydroxylation sites is 1. The molecule has 2 atom stereocenters. The second-order valence-corrected chi connectivity index (χ2v) is 7.20. The number of hydrogen-bond acceptors (Lipinski definition) is 3. The molecule has 2 aromatic rings. The van der Waals surface area contributed by atoms with Crippen LogP contribution in [0.15, 0.2) is 53.0 Å². The standard InChI is InChI=1S/C20H18BrNO3/c1-12(23)10-17(14-6-5-7-15(21)11-14)19-20(25)16-8-3-4-9-18(16)22(19)13(2)24/h3-9,11,17,19H,10H2,1-2H3/t17-,19+/m0/s1. The van der Waals surface area contributed by atoms with Gasteiger partial charge in [0.2, 0.25) is 5.91 Å². The summed E-state index contributed by atoms with van der Waals surface area (Å²) in [6, 6.07) is 14.0. The Morgan fingerprint density at radius 2 is 1.84 bits per heavy atom. The number of halogens is 1. The molecule has 1 heterocycles. The first-order chi connectivity index (χ1) is 11.9. The lowest BCUT2D eigenvalue weighted by atomic mass is 9.84. The van der Waals surface area contributed by atoms with Gasteiger partial charge in [-0.25, -0.2) is 0 Å². The predicted molar refractivity (Wildman–Crippen MR) is 99.9 cm³/mol. The largest absolute Gasteiger partial charge is 0.300 e. The van der Waals surface area contributed by atoms with Crippen LogP contribution in [0.1, 0.15) is 42.1 Å². The molecule has 0 aromatic heterocycles. The molecule has 0 saturated heterocycles. The van der Waals surface area contributed by atoms with Crippen LogP contribution in [0.2, 0.25) is 0 Å². The Labute approximate surface area is 155 Å². The zero-order valence-corrected chi connectivity index (χ0v) is 15.6. The molecule has 2 aromatic carbocycles. The zero-order chi connectivity index (χ0) is 18.1. The predicted octanol–water partition coefficient (Wildman–Crippen LogP) is 4.13. The van der Waals surface area contributed by atoms with Gasteiger partial charge in [-0.2, -0.15) is 0 Å². The van der Waals surface area contributed by atoms with Crippen LogP contribution < -0.4 is 4.90 Å². The van der Waals surface area contributed by atoms with Crippen LogP contribution >= 0.6 is 15.9 Å². The summed E-state index contributed by atoms with van der Waals surface area (Å²) >= 11 is 3.44. The summed E-state index contributed by atoms with van der Waals surface area (Å²) in [6.45, 7) is 2.96. The summed E-state index contributed by atoms with van der Waals surface area (Å²) in [5, 5.41) is 0. The van der Waals surface area contributed by atoms with Crippen molar-refractivity contribution in [2.75, 3.05) is 4.90 Å². The third-order valence-corrected chi connectivity index (χ3v) is 4.97. The molecule has 0 N–H and O–H groups in total. The molecule has 0 spiro atoms. The first-order valence-corrected chi connectivity index (χ1v) is 8.87. The topological polar surface area (TPSA) is 54.5 Å². The van der Waals surface area contributed by atoms with Crippen molar-refractivity contribution in [2.45, 2.75) is 32.2 Å². The summed E-state index contributed by atoms with van der Waals surface area (Å²) in [5.74, 6) is -0.722. The number of carbonyl (C=O) groups is 3. The molecule has 4 nitrogen and oxygen atoms in total. The average Bonchev–Trinajstić information content (AvgIpc) is 2.86. The van der Waals surface area contributed by atoms with Crippen LogP contribution in [0.25, 0.3) is 0 Å². The number of Topliss-reactive ketones (excluding diaryl/α,β-unsaturated/α-hetero) is 2. The number of anilines is 1. The van der Waals surface area contributed by atoms with Gasteiger partial charge in [-0.15, -0.1) is 0 Å². The van der Waals surface area contributed by atoms with Crippen molar-refractivity contribution >= 4 is 39.1 Å². The minimum Gasteiger partial charge on any atom is -0.300 e. The Hall–Kier alpha value is -2.27. The molecular formula is C20H18BrNO3. The van der Waals surface area contributed by atoms with Crippen molar-refractivity contribution in [3.63, 3.8) is 0 Å². The zero-order valence-electron chi connectivity index (χ0n) is 14.0. The molecule has 0 saturated carbocycles. The number of carbonyl (C=O) groups excluding carboxylic acids is 3.